The molecular weight excluding hydrogens is 234 g/mol. The Kier molecular flexibility index (Phi) is 4.21. The lowest BCUT2D eigenvalue weighted by Crippen LogP contribution is -2.51. The molecule has 0 aromatic carbocycles. The van der Waals surface area contributed by atoms with Crippen LogP contribution in [0.25, 0.3) is 0 Å². The van der Waals surface area contributed by atoms with Crippen molar-refractivity contribution in [2.45, 2.75) is 57.7 Å². The van der Waals surface area contributed by atoms with Crippen LogP contribution in [0.2, 0.25) is 0 Å². The summed E-state index contributed by atoms with van der Waals surface area (Å²) in [6.07, 6.45) is 1.39. The molecular formula is C12H23N3O3. The van der Waals surface area contributed by atoms with Crippen molar-refractivity contribution >= 4 is 12.0 Å². The summed E-state index contributed by atoms with van der Waals surface area (Å²) in [5.74, 6) is -0.390. The molecule has 1 aliphatic rings. The minimum atomic E-state index is -0.505. The highest BCUT2D eigenvalue weighted by atomic mass is 16.6. The fourth-order valence-electron chi connectivity index (χ4n) is 1.61. The van der Waals surface area contributed by atoms with E-state index in [1.165, 1.54) is 0 Å². The molecule has 104 valence electrons. The molecule has 1 aliphatic carbocycles. The van der Waals surface area contributed by atoms with E-state index in [9.17, 15) is 9.59 Å². The highest BCUT2D eigenvalue weighted by Gasteiger charge is 2.44. The zero-order valence-corrected chi connectivity index (χ0v) is 11.5. The number of alkyl carbamates (subject to hydrolysis) is 1. The van der Waals surface area contributed by atoms with Crippen molar-refractivity contribution in [1.82, 2.24) is 10.6 Å². The molecule has 6 heteroatoms. The van der Waals surface area contributed by atoms with E-state index in [4.69, 9.17) is 10.5 Å². The van der Waals surface area contributed by atoms with Gasteiger partial charge in [0, 0.05) is 12.1 Å². The molecule has 1 fully saturated rings. The minimum absolute atomic E-state index is 0.203. The van der Waals surface area contributed by atoms with Gasteiger partial charge >= 0.3 is 6.09 Å². The van der Waals surface area contributed by atoms with Gasteiger partial charge in [-0.1, -0.05) is 0 Å². The van der Waals surface area contributed by atoms with Gasteiger partial charge in [0.15, 0.2) is 0 Å². The Bertz CT molecular complexity index is 332. The molecule has 0 aromatic rings. The maximum absolute atomic E-state index is 11.5. The smallest absolute Gasteiger partial charge is 0.407 e. The van der Waals surface area contributed by atoms with Crippen LogP contribution in [-0.4, -0.2) is 35.7 Å². The Balaban J connectivity index is 2.35. The van der Waals surface area contributed by atoms with Gasteiger partial charge in [-0.05, 0) is 40.5 Å². The first-order valence-electron chi connectivity index (χ1n) is 6.17. The van der Waals surface area contributed by atoms with Crippen LogP contribution >= 0.6 is 0 Å². The largest absolute Gasteiger partial charge is 0.444 e. The molecule has 18 heavy (non-hydrogen) atoms. The van der Waals surface area contributed by atoms with Crippen molar-refractivity contribution in [3.63, 3.8) is 0 Å². The van der Waals surface area contributed by atoms with Gasteiger partial charge in [0.2, 0.25) is 5.91 Å². The third-order valence-corrected chi connectivity index (χ3v) is 2.77. The van der Waals surface area contributed by atoms with Crippen molar-refractivity contribution < 1.29 is 14.3 Å². The average Bonchev–Trinajstić information content (AvgIpc) is 2.93. The van der Waals surface area contributed by atoms with Crippen molar-refractivity contribution in [2.75, 3.05) is 6.54 Å². The monoisotopic (exact) mass is 257 g/mol. The van der Waals surface area contributed by atoms with E-state index in [-0.39, 0.29) is 5.54 Å². The molecule has 6 nitrogen and oxygen atoms in total. The van der Waals surface area contributed by atoms with Gasteiger partial charge < -0.3 is 15.8 Å². The summed E-state index contributed by atoms with van der Waals surface area (Å²) in [6, 6.07) is -0.395. The van der Waals surface area contributed by atoms with Crippen LogP contribution < -0.4 is 16.4 Å². The molecule has 2 amide bonds. The van der Waals surface area contributed by atoms with Gasteiger partial charge in [-0.15, -0.1) is 0 Å². The molecule has 1 atom stereocenters. The maximum Gasteiger partial charge on any atom is 0.407 e. The SMILES string of the molecule is CC(NC1(CNC(=O)OC(C)(C)C)CC1)C(N)=O. The van der Waals surface area contributed by atoms with E-state index in [0.29, 0.717) is 6.54 Å². The zero-order chi connectivity index (χ0) is 14.0. The topological polar surface area (TPSA) is 93.4 Å². The Hall–Kier alpha value is -1.30. The van der Waals surface area contributed by atoms with Crippen molar-refractivity contribution in [3.8, 4) is 0 Å². The van der Waals surface area contributed by atoms with Crippen molar-refractivity contribution in [1.29, 1.82) is 0 Å². The van der Waals surface area contributed by atoms with Crippen LogP contribution in [0, 0.1) is 0 Å². The van der Waals surface area contributed by atoms with Gasteiger partial charge in [0.1, 0.15) is 5.60 Å². The average molecular weight is 257 g/mol. The molecule has 0 spiro atoms. The summed E-state index contributed by atoms with van der Waals surface area (Å²) in [7, 11) is 0. The molecule has 0 radical (unpaired) electrons. The Morgan fingerprint density at radius 2 is 1.94 bits per heavy atom. The normalized spacial score (nSPS) is 18.9. The number of carbonyl (C=O) groups excluding carboxylic acids is 2. The lowest BCUT2D eigenvalue weighted by atomic mass is 10.2. The molecule has 1 rings (SSSR count). The van der Waals surface area contributed by atoms with Gasteiger partial charge in [0.25, 0.3) is 0 Å². The lowest BCUT2D eigenvalue weighted by molar-refractivity contribution is -0.119. The molecule has 0 aliphatic heterocycles. The van der Waals surface area contributed by atoms with E-state index in [0.717, 1.165) is 12.8 Å². The standard InChI is InChI=1S/C12H23N3O3/c1-8(9(13)16)15-12(5-6-12)7-14-10(17)18-11(2,3)4/h8,15H,5-7H2,1-4H3,(H2,13,16)(H,14,17). The van der Waals surface area contributed by atoms with E-state index < -0.39 is 23.6 Å². The molecule has 0 bridgehead atoms. The molecule has 4 N–H and O–H groups in total. The predicted octanol–water partition coefficient (Wildman–Crippen LogP) is 0.507. The third-order valence-electron chi connectivity index (χ3n) is 2.77. The van der Waals surface area contributed by atoms with Gasteiger partial charge in [-0.2, -0.15) is 0 Å². The van der Waals surface area contributed by atoms with Crippen LogP contribution in [0.3, 0.4) is 0 Å². The van der Waals surface area contributed by atoms with Gasteiger partial charge in [0.05, 0.1) is 6.04 Å². The van der Waals surface area contributed by atoms with Crippen LogP contribution in [-0.2, 0) is 9.53 Å². The minimum Gasteiger partial charge on any atom is -0.444 e. The number of ether oxygens (including phenoxy) is 1. The predicted molar refractivity (Wildman–Crippen MR) is 68.0 cm³/mol. The summed E-state index contributed by atoms with van der Waals surface area (Å²) in [4.78, 5) is 22.5. The summed E-state index contributed by atoms with van der Waals surface area (Å²) in [5, 5.41) is 5.85. The first kappa shape index (κ1) is 14.8. The first-order valence-corrected chi connectivity index (χ1v) is 6.17. The number of nitrogens with two attached hydrogens (primary N) is 1. The zero-order valence-electron chi connectivity index (χ0n) is 11.5. The van der Waals surface area contributed by atoms with Gasteiger partial charge in [-0.3, -0.25) is 10.1 Å². The Morgan fingerprint density at radius 3 is 2.33 bits per heavy atom. The first-order chi connectivity index (χ1) is 8.14. The lowest BCUT2D eigenvalue weighted by Gasteiger charge is -2.23. The van der Waals surface area contributed by atoms with Crippen LogP contribution in [0.1, 0.15) is 40.5 Å². The van der Waals surface area contributed by atoms with Crippen molar-refractivity contribution in [3.05, 3.63) is 0 Å². The highest BCUT2D eigenvalue weighted by Crippen LogP contribution is 2.35. The summed E-state index contributed by atoms with van der Waals surface area (Å²) in [6.45, 7) is 7.60. The highest BCUT2D eigenvalue weighted by molar-refractivity contribution is 5.79. The molecule has 1 saturated carbocycles. The van der Waals surface area contributed by atoms with Crippen molar-refractivity contribution in [2.24, 2.45) is 5.73 Å². The number of hydrogen-bond acceptors (Lipinski definition) is 4. The van der Waals surface area contributed by atoms with Gasteiger partial charge in [-0.25, -0.2) is 4.79 Å². The van der Waals surface area contributed by atoms with Crippen LogP contribution in [0.4, 0.5) is 4.79 Å². The third kappa shape index (κ3) is 4.91. The number of amides is 2. The molecule has 0 aromatic heterocycles. The number of nitrogens with one attached hydrogen (secondary N) is 2. The summed E-state index contributed by atoms with van der Waals surface area (Å²) < 4.78 is 5.14. The fourth-order valence-corrected chi connectivity index (χ4v) is 1.61. The quantitative estimate of drug-likeness (QED) is 0.669. The van der Waals surface area contributed by atoms with E-state index in [2.05, 4.69) is 10.6 Å². The second-order valence-electron chi connectivity index (χ2n) is 5.90. The molecule has 1 unspecified atom stereocenters. The summed E-state index contributed by atoms with van der Waals surface area (Å²) >= 11 is 0. The Labute approximate surface area is 108 Å². The number of hydrogen-bond donors (Lipinski definition) is 3. The second-order valence-corrected chi connectivity index (χ2v) is 5.90. The van der Waals surface area contributed by atoms with E-state index >= 15 is 0 Å². The van der Waals surface area contributed by atoms with E-state index in [1.54, 1.807) is 6.92 Å². The number of rotatable bonds is 5. The van der Waals surface area contributed by atoms with Crippen LogP contribution in [0.5, 0.6) is 0 Å². The summed E-state index contributed by atoms with van der Waals surface area (Å²) in [5.41, 5.74) is 4.49. The van der Waals surface area contributed by atoms with Crippen LogP contribution in [0.15, 0.2) is 0 Å². The Morgan fingerprint density at radius 1 is 1.39 bits per heavy atom. The maximum atomic E-state index is 11.5. The van der Waals surface area contributed by atoms with E-state index in [1.807, 2.05) is 20.8 Å². The molecule has 0 heterocycles. The second kappa shape index (κ2) is 5.14. The fraction of sp³-hybridized carbons (Fsp3) is 0.833. The number of carbonyl (C=O) groups is 2. The molecule has 0 saturated heterocycles. The number of primary amides is 1.